The lowest BCUT2D eigenvalue weighted by molar-refractivity contribution is -0.347. The summed E-state index contributed by atoms with van der Waals surface area (Å²) in [6.45, 7) is 1.54. The van der Waals surface area contributed by atoms with Crippen LogP contribution in [0.3, 0.4) is 0 Å². The van der Waals surface area contributed by atoms with Gasteiger partial charge in [0.2, 0.25) is 11.2 Å². The van der Waals surface area contributed by atoms with Crippen molar-refractivity contribution in [2.24, 2.45) is 0 Å². The molecule has 15 heavy (non-hydrogen) atoms. The minimum atomic E-state index is 0.0524. The van der Waals surface area contributed by atoms with Crippen molar-refractivity contribution in [2.75, 3.05) is 0 Å². The number of carbonyl (C=O) groups excluding carboxylic acids is 1. The molecule has 0 unspecified atom stereocenters. The second-order valence-corrected chi connectivity index (χ2v) is 3.44. The molecule has 1 N–H and O–H groups in total. The van der Waals surface area contributed by atoms with Crippen LogP contribution in [0.4, 0.5) is 0 Å². The van der Waals surface area contributed by atoms with E-state index in [1.165, 1.54) is 6.92 Å². The minimum Gasteiger partial charge on any atom is -0.295 e. The number of rotatable bonds is 2. The van der Waals surface area contributed by atoms with Crippen LogP contribution < -0.4 is 4.98 Å². The largest absolute Gasteiger partial charge is 0.295 e. The Kier molecular flexibility index (Phi) is 2.59. The smallest absolute Gasteiger partial charge is 0.211 e. The van der Waals surface area contributed by atoms with Crippen molar-refractivity contribution < 1.29 is 9.78 Å². The lowest BCUT2D eigenvalue weighted by Crippen LogP contribution is -2.07. The van der Waals surface area contributed by atoms with Gasteiger partial charge in [0, 0.05) is 23.6 Å². The number of benzene rings is 1. The Labute approximate surface area is 88.3 Å². The molecule has 0 amide bonds. The molecule has 0 bridgehead atoms. The number of aromatic nitrogens is 1. The highest BCUT2D eigenvalue weighted by molar-refractivity contribution is 5.91. The molecular formula is C13H12NO+. The zero-order valence-corrected chi connectivity index (χ0v) is 8.53. The Morgan fingerprint density at radius 1 is 1.20 bits per heavy atom. The first kappa shape index (κ1) is 9.59. The number of hydrogen-bond acceptors (Lipinski definition) is 1. The monoisotopic (exact) mass is 198 g/mol. The van der Waals surface area contributed by atoms with Gasteiger partial charge in [-0.05, 0) is 25.1 Å². The maximum Gasteiger partial charge on any atom is 0.211 e. The molecule has 2 aromatic rings. The number of H-pyrrole nitrogens is 1. The molecule has 2 nitrogen and oxygen atoms in total. The Morgan fingerprint density at radius 2 is 2.00 bits per heavy atom. The highest BCUT2D eigenvalue weighted by atomic mass is 16.1. The fourth-order valence-electron chi connectivity index (χ4n) is 1.44. The molecule has 0 spiro atoms. The van der Waals surface area contributed by atoms with Crippen molar-refractivity contribution in [2.45, 2.75) is 6.92 Å². The van der Waals surface area contributed by atoms with Crippen molar-refractivity contribution in [3.05, 3.63) is 48.2 Å². The van der Waals surface area contributed by atoms with Crippen LogP contribution in [0.5, 0.6) is 0 Å². The number of aromatic amines is 1. The predicted octanol–water partition coefficient (Wildman–Crippen LogP) is 2.26. The van der Waals surface area contributed by atoms with E-state index >= 15 is 0 Å². The van der Waals surface area contributed by atoms with Gasteiger partial charge in [-0.15, -0.1) is 0 Å². The number of para-hydroxylation sites is 1. The molecule has 2 heteroatoms. The van der Waals surface area contributed by atoms with Crippen molar-refractivity contribution >= 4 is 22.8 Å². The molecule has 0 aliphatic heterocycles. The summed E-state index contributed by atoms with van der Waals surface area (Å²) in [4.78, 5) is 14.0. The number of allylic oxidation sites excluding steroid dienone is 1. The molecule has 0 saturated heterocycles. The molecule has 1 aromatic heterocycles. The molecule has 74 valence electrons. The van der Waals surface area contributed by atoms with Gasteiger partial charge in [0.25, 0.3) is 0 Å². The van der Waals surface area contributed by atoms with Crippen LogP contribution in [0.15, 0.2) is 42.5 Å². The van der Waals surface area contributed by atoms with Crippen LogP contribution in [0.25, 0.3) is 17.0 Å². The van der Waals surface area contributed by atoms with Crippen LogP contribution in [0.1, 0.15) is 12.6 Å². The van der Waals surface area contributed by atoms with E-state index in [-0.39, 0.29) is 5.78 Å². The summed E-state index contributed by atoms with van der Waals surface area (Å²) in [6, 6.07) is 12.0. The third-order valence-corrected chi connectivity index (χ3v) is 2.18. The van der Waals surface area contributed by atoms with E-state index in [4.69, 9.17) is 0 Å². The van der Waals surface area contributed by atoms with E-state index in [1.807, 2.05) is 36.4 Å². The molecule has 0 aliphatic carbocycles. The summed E-state index contributed by atoms with van der Waals surface area (Å²) < 4.78 is 0. The minimum absolute atomic E-state index is 0.0524. The Bertz CT molecular complexity index is 529. The van der Waals surface area contributed by atoms with E-state index < -0.39 is 0 Å². The topological polar surface area (TPSA) is 31.2 Å². The summed E-state index contributed by atoms with van der Waals surface area (Å²) >= 11 is 0. The van der Waals surface area contributed by atoms with Crippen LogP contribution in [0, 0.1) is 0 Å². The summed E-state index contributed by atoms with van der Waals surface area (Å²) in [5.41, 5.74) is 2.01. The van der Waals surface area contributed by atoms with Crippen molar-refractivity contribution in [1.82, 2.24) is 0 Å². The number of ketones is 1. The van der Waals surface area contributed by atoms with Gasteiger partial charge >= 0.3 is 0 Å². The van der Waals surface area contributed by atoms with Crippen LogP contribution in [0.2, 0.25) is 0 Å². The van der Waals surface area contributed by atoms with Gasteiger partial charge in [-0.3, -0.25) is 4.79 Å². The van der Waals surface area contributed by atoms with Gasteiger partial charge in [-0.25, -0.2) is 4.98 Å². The van der Waals surface area contributed by atoms with E-state index in [1.54, 1.807) is 12.2 Å². The summed E-state index contributed by atoms with van der Waals surface area (Å²) in [6.07, 6.45) is 3.34. The SMILES string of the molecule is CC(=O)/C=C/c1ccc2ccccc2[nH+]1. The first-order valence-electron chi connectivity index (χ1n) is 4.85. The zero-order chi connectivity index (χ0) is 10.7. The molecule has 2 rings (SSSR count). The third kappa shape index (κ3) is 2.29. The highest BCUT2D eigenvalue weighted by Crippen LogP contribution is 2.08. The molecule has 0 radical (unpaired) electrons. The lowest BCUT2D eigenvalue weighted by Gasteiger charge is -1.91. The molecule has 0 aliphatic rings. The Balaban J connectivity index is 2.43. The van der Waals surface area contributed by atoms with E-state index in [0.29, 0.717) is 0 Å². The second-order valence-electron chi connectivity index (χ2n) is 3.44. The number of pyridine rings is 1. The van der Waals surface area contributed by atoms with Gasteiger partial charge < -0.3 is 0 Å². The number of carbonyl (C=O) groups is 1. The number of nitrogens with one attached hydrogen (secondary N) is 1. The van der Waals surface area contributed by atoms with Crippen molar-refractivity contribution in [3.8, 4) is 0 Å². The molecule has 1 heterocycles. The van der Waals surface area contributed by atoms with Gasteiger partial charge in [-0.1, -0.05) is 12.1 Å². The summed E-state index contributed by atoms with van der Waals surface area (Å²) in [7, 11) is 0. The van der Waals surface area contributed by atoms with E-state index in [2.05, 4.69) is 4.98 Å². The average molecular weight is 198 g/mol. The zero-order valence-electron chi connectivity index (χ0n) is 8.53. The highest BCUT2D eigenvalue weighted by Gasteiger charge is 2.01. The van der Waals surface area contributed by atoms with Gasteiger partial charge in [0.1, 0.15) is 0 Å². The maximum atomic E-state index is 10.8. The summed E-state index contributed by atoms with van der Waals surface area (Å²) in [5, 5.41) is 1.16. The molecule has 0 atom stereocenters. The van der Waals surface area contributed by atoms with Crippen LogP contribution in [-0.2, 0) is 4.79 Å². The molecular weight excluding hydrogens is 186 g/mol. The second kappa shape index (κ2) is 4.05. The quantitative estimate of drug-likeness (QED) is 0.681. The predicted molar refractivity (Wildman–Crippen MR) is 60.2 cm³/mol. The van der Waals surface area contributed by atoms with Gasteiger partial charge in [-0.2, -0.15) is 0 Å². The van der Waals surface area contributed by atoms with Crippen LogP contribution >= 0.6 is 0 Å². The normalized spacial score (nSPS) is 11.0. The van der Waals surface area contributed by atoms with Crippen molar-refractivity contribution in [3.63, 3.8) is 0 Å². The van der Waals surface area contributed by atoms with Crippen molar-refractivity contribution in [1.29, 1.82) is 0 Å². The first-order chi connectivity index (χ1) is 7.25. The lowest BCUT2D eigenvalue weighted by atomic mass is 10.2. The molecule has 1 aromatic carbocycles. The van der Waals surface area contributed by atoms with E-state index in [9.17, 15) is 4.79 Å². The third-order valence-electron chi connectivity index (χ3n) is 2.18. The Hall–Kier alpha value is -1.96. The van der Waals surface area contributed by atoms with Gasteiger partial charge in [0.05, 0.1) is 0 Å². The first-order valence-corrected chi connectivity index (χ1v) is 4.85. The average Bonchev–Trinajstić information content (AvgIpc) is 2.26. The Morgan fingerprint density at radius 3 is 2.80 bits per heavy atom. The summed E-state index contributed by atoms with van der Waals surface area (Å²) in [5.74, 6) is 0.0524. The van der Waals surface area contributed by atoms with E-state index in [0.717, 1.165) is 16.6 Å². The standard InChI is InChI=1S/C13H11NO/c1-10(15)6-8-12-9-7-11-4-2-3-5-13(11)14-12/h2-9H,1H3/p+1/b8-6+. The van der Waals surface area contributed by atoms with Gasteiger partial charge in [0.15, 0.2) is 5.78 Å². The fraction of sp³-hybridized carbons (Fsp3) is 0.0769. The fourth-order valence-corrected chi connectivity index (χ4v) is 1.44. The van der Waals surface area contributed by atoms with Crippen LogP contribution in [-0.4, -0.2) is 5.78 Å². The molecule has 0 fully saturated rings. The number of fused-ring (bicyclic) bond motifs is 1. The maximum absolute atomic E-state index is 10.8. The molecule has 0 saturated carbocycles. The number of hydrogen-bond donors (Lipinski definition) is 0.